The van der Waals surface area contributed by atoms with Crippen LogP contribution in [0.2, 0.25) is 0 Å². The van der Waals surface area contributed by atoms with E-state index in [2.05, 4.69) is 0 Å². The smallest absolute Gasteiger partial charge is 0.336 e. The third kappa shape index (κ3) is 3.69. The number of carboxylic acids is 1. The van der Waals surface area contributed by atoms with Crippen LogP contribution in [0.1, 0.15) is 15.9 Å². The molecule has 6 heteroatoms. The van der Waals surface area contributed by atoms with Crippen molar-refractivity contribution in [1.29, 1.82) is 0 Å². The van der Waals surface area contributed by atoms with Crippen LogP contribution in [-0.2, 0) is 6.61 Å². The Balaban J connectivity index is 1.95. The molecule has 3 aromatic rings. The molecule has 3 aromatic carbocycles. The minimum absolute atomic E-state index is 0.0686. The molecular weight excluding hydrogens is 345 g/mol. The zero-order valence-corrected chi connectivity index (χ0v) is 13.4. The highest BCUT2D eigenvalue weighted by Gasteiger charge is 2.18. The van der Waals surface area contributed by atoms with Crippen LogP contribution >= 0.6 is 0 Å². The first kappa shape index (κ1) is 17.5. The van der Waals surface area contributed by atoms with Gasteiger partial charge in [0.05, 0.1) is 5.56 Å². The summed E-state index contributed by atoms with van der Waals surface area (Å²) in [5.74, 6) is -4.73. The normalized spacial score (nSPS) is 10.6. The molecule has 0 saturated carbocycles. The molecule has 0 atom stereocenters. The first-order valence-electron chi connectivity index (χ1n) is 7.64. The lowest BCUT2D eigenvalue weighted by atomic mass is 9.98. The number of ether oxygens (including phenoxy) is 1. The summed E-state index contributed by atoms with van der Waals surface area (Å²) in [7, 11) is 0. The number of rotatable bonds is 5. The maximum atomic E-state index is 14.0. The second-order valence-corrected chi connectivity index (χ2v) is 5.53. The number of aromatic carboxylic acids is 1. The van der Waals surface area contributed by atoms with Crippen LogP contribution in [0.25, 0.3) is 11.1 Å². The largest absolute Gasteiger partial charge is 0.489 e. The van der Waals surface area contributed by atoms with Crippen molar-refractivity contribution in [3.63, 3.8) is 0 Å². The molecule has 3 nitrogen and oxygen atoms in total. The average molecular weight is 358 g/mol. The molecule has 0 radical (unpaired) electrons. The van der Waals surface area contributed by atoms with Gasteiger partial charge in [-0.15, -0.1) is 0 Å². The van der Waals surface area contributed by atoms with E-state index in [1.807, 2.05) is 30.3 Å². The fourth-order valence-electron chi connectivity index (χ4n) is 2.49. The second kappa shape index (κ2) is 7.31. The lowest BCUT2D eigenvalue weighted by Crippen LogP contribution is -2.03. The monoisotopic (exact) mass is 358 g/mol. The molecule has 0 spiro atoms. The van der Waals surface area contributed by atoms with Gasteiger partial charge in [-0.1, -0.05) is 30.3 Å². The highest BCUT2D eigenvalue weighted by molar-refractivity contribution is 5.96. The summed E-state index contributed by atoms with van der Waals surface area (Å²) in [6.07, 6.45) is 0. The highest BCUT2D eigenvalue weighted by Crippen LogP contribution is 2.31. The Bertz CT molecular complexity index is 956. The number of hydrogen-bond donors (Lipinski definition) is 1. The fourth-order valence-corrected chi connectivity index (χ4v) is 2.49. The van der Waals surface area contributed by atoms with E-state index in [4.69, 9.17) is 4.74 Å². The van der Waals surface area contributed by atoms with Crippen molar-refractivity contribution < 1.29 is 27.8 Å². The highest BCUT2D eigenvalue weighted by atomic mass is 19.2. The number of hydrogen-bond acceptors (Lipinski definition) is 2. The van der Waals surface area contributed by atoms with Gasteiger partial charge in [0.25, 0.3) is 0 Å². The molecule has 0 unspecified atom stereocenters. The van der Waals surface area contributed by atoms with Gasteiger partial charge in [0.15, 0.2) is 11.6 Å². The summed E-state index contributed by atoms with van der Waals surface area (Å²) in [5, 5.41) is 9.41. The van der Waals surface area contributed by atoms with Crippen LogP contribution in [0, 0.1) is 17.5 Å². The SMILES string of the molecule is O=C(O)c1cc(OCc2ccccc2)ccc1-c1cc(F)c(F)cc1F. The molecule has 0 heterocycles. The van der Waals surface area contributed by atoms with Gasteiger partial charge >= 0.3 is 5.97 Å². The van der Waals surface area contributed by atoms with Gasteiger partial charge in [-0.3, -0.25) is 0 Å². The van der Waals surface area contributed by atoms with Crippen molar-refractivity contribution in [3.05, 3.63) is 89.2 Å². The molecule has 0 aliphatic heterocycles. The van der Waals surface area contributed by atoms with Gasteiger partial charge in [-0.25, -0.2) is 18.0 Å². The minimum Gasteiger partial charge on any atom is -0.489 e. The Morgan fingerprint density at radius 2 is 1.54 bits per heavy atom. The first-order valence-corrected chi connectivity index (χ1v) is 7.64. The minimum atomic E-state index is -1.34. The Kier molecular flexibility index (Phi) is 4.93. The molecule has 3 rings (SSSR count). The van der Waals surface area contributed by atoms with Crippen LogP contribution in [-0.4, -0.2) is 11.1 Å². The van der Waals surface area contributed by atoms with Crippen LogP contribution in [0.4, 0.5) is 13.2 Å². The van der Waals surface area contributed by atoms with Gasteiger partial charge < -0.3 is 9.84 Å². The fraction of sp³-hybridized carbons (Fsp3) is 0.0500. The lowest BCUT2D eigenvalue weighted by molar-refractivity contribution is 0.0697. The standard InChI is InChI=1S/C20H13F3O3/c21-17-10-19(23)18(22)9-15(17)14-7-6-13(8-16(14)20(24)25)26-11-12-4-2-1-3-5-12/h1-10H,11H2,(H,24,25). The van der Waals surface area contributed by atoms with Crippen LogP contribution in [0.15, 0.2) is 60.7 Å². The third-order valence-electron chi connectivity index (χ3n) is 3.77. The van der Waals surface area contributed by atoms with Crippen molar-refractivity contribution in [3.8, 4) is 16.9 Å². The average Bonchev–Trinajstić information content (AvgIpc) is 2.64. The molecule has 0 saturated heterocycles. The number of halogens is 3. The quantitative estimate of drug-likeness (QED) is 0.650. The Morgan fingerprint density at radius 3 is 2.23 bits per heavy atom. The van der Waals surface area contributed by atoms with Crippen molar-refractivity contribution in [2.75, 3.05) is 0 Å². The van der Waals surface area contributed by atoms with Crippen LogP contribution in [0.5, 0.6) is 5.75 Å². The number of carboxylic acid groups (broad SMARTS) is 1. The molecule has 0 fully saturated rings. The van der Waals surface area contributed by atoms with Gasteiger partial charge in [0.1, 0.15) is 18.2 Å². The molecular formula is C20H13F3O3. The second-order valence-electron chi connectivity index (χ2n) is 5.53. The van der Waals surface area contributed by atoms with Crippen molar-refractivity contribution in [1.82, 2.24) is 0 Å². The first-order chi connectivity index (χ1) is 12.5. The Hall–Kier alpha value is -3.28. The molecule has 0 aromatic heterocycles. The molecule has 1 N–H and O–H groups in total. The van der Waals surface area contributed by atoms with E-state index >= 15 is 0 Å². The predicted molar refractivity (Wildman–Crippen MR) is 89.5 cm³/mol. The zero-order valence-electron chi connectivity index (χ0n) is 13.4. The Morgan fingerprint density at radius 1 is 0.846 bits per heavy atom. The topological polar surface area (TPSA) is 46.5 Å². The maximum Gasteiger partial charge on any atom is 0.336 e. The maximum absolute atomic E-state index is 14.0. The Labute approximate surface area is 147 Å². The van der Waals surface area contributed by atoms with E-state index in [0.717, 1.165) is 5.56 Å². The van der Waals surface area contributed by atoms with Gasteiger partial charge in [-0.05, 0) is 35.4 Å². The molecule has 0 bridgehead atoms. The van der Waals surface area contributed by atoms with E-state index in [0.29, 0.717) is 12.1 Å². The van der Waals surface area contributed by atoms with Crippen molar-refractivity contribution >= 4 is 5.97 Å². The van der Waals surface area contributed by atoms with Gasteiger partial charge in [0, 0.05) is 11.6 Å². The van der Waals surface area contributed by atoms with Crippen molar-refractivity contribution in [2.24, 2.45) is 0 Å². The van der Waals surface area contributed by atoms with E-state index in [1.54, 1.807) is 0 Å². The molecule has 0 amide bonds. The molecule has 26 heavy (non-hydrogen) atoms. The van der Waals surface area contributed by atoms with E-state index < -0.39 is 23.4 Å². The summed E-state index contributed by atoms with van der Waals surface area (Å²) < 4.78 is 46.1. The van der Waals surface area contributed by atoms with Crippen LogP contribution < -0.4 is 4.74 Å². The van der Waals surface area contributed by atoms with Gasteiger partial charge in [-0.2, -0.15) is 0 Å². The summed E-state index contributed by atoms with van der Waals surface area (Å²) in [6, 6.07) is 14.2. The number of benzene rings is 3. The zero-order chi connectivity index (χ0) is 18.7. The summed E-state index contributed by atoms with van der Waals surface area (Å²) in [5.41, 5.74) is 0.206. The van der Waals surface area contributed by atoms with Crippen molar-refractivity contribution in [2.45, 2.75) is 6.61 Å². The molecule has 132 valence electrons. The van der Waals surface area contributed by atoms with Crippen LogP contribution in [0.3, 0.4) is 0 Å². The van der Waals surface area contributed by atoms with E-state index in [-0.39, 0.29) is 29.0 Å². The predicted octanol–water partition coefficient (Wildman–Crippen LogP) is 5.05. The number of carbonyl (C=O) groups is 1. The van der Waals surface area contributed by atoms with Gasteiger partial charge in [0.2, 0.25) is 0 Å². The molecule has 0 aliphatic carbocycles. The summed E-state index contributed by atoms with van der Waals surface area (Å²) in [6.45, 7) is 0.221. The summed E-state index contributed by atoms with van der Waals surface area (Å²) in [4.78, 5) is 11.5. The van der Waals surface area contributed by atoms with E-state index in [9.17, 15) is 23.1 Å². The molecule has 0 aliphatic rings. The summed E-state index contributed by atoms with van der Waals surface area (Å²) >= 11 is 0. The lowest BCUT2D eigenvalue weighted by Gasteiger charge is -2.12. The third-order valence-corrected chi connectivity index (χ3v) is 3.77. The van der Waals surface area contributed by atoms with E-state index in [1.165, 1.54) is 18.2 Å².